The van der Waals surface area contributed by atoms with Gasteiger partial charge in [0.25, 0.3) is 23.5 Å². The molecule has 0 aliphatic carbocycles. The molecule has 0 aromatic carbocycles. The Kier molecular flexibility index (Phi) is 9.55. The summed E-state index contributed by atoms with van der Waals surface area (Å²) in [6.45, 7) is 1.13. The molecule has 1 aliphatic rings. The molecule has 0 spiro atoms. The van der Waals surface area contributed by atoms with Crippen molar-refractivity contribution in [1.29, 1.82) is 0 Å². The van der Waals surface area contributed by atoms with Gasteiger partial charge in [-0.1, -0.05) is 10.8 Å². The van der Waals surface area contributed by atoms with Gasteiger partial charge in [0.1, 0.15) is 12.0 Å². The van der Waals surface area contributed by atoms with Crippen molar-refractivity contribution in [2.45, 2.75) is 31.7 Å². The standard InChI is InChI=1S/C10H25O12P3S2/c1-8-5-9(18-7-26-27(2,3)4)10(20-8)6-19-24(14,15)22-25(16,17)21-23(11,12)13/h8-10H,5-7H2,1-4H3,(H,14,15)(H,16,17)(H2,11,12,13)/p-3/t8-,9?,10+/m0/s1. The molecule has 1 aliphatic heterocycles. The first-order chi connectivity index (χ1) is 12.0. The van der Waals surface area contributed by atoms with Crippen LogP contribution in [0.25, 0.3) is 0 Å². The Labute approximate surface area is 162 Å². The van der Waals surface area contributed by atoms with Crippen LogP contribution >= 0.6 is 43.3 Å². The van der Waals surface area contributed by atoms with E-state index >= 15 is 0 Å². The molecule has 1 saturated heterocycles. The third-order valence-electron chi connectivity index (χ3n) is 2.87. The Hall–Kier alpha value is 1.03. The molecule has 0 bridgehead atoms. The molecule has 0 radical (unpaired) electrons. The maximum atomic E-state index is 11.6. The zero-order chi connectivity index (χ0) is 21.1. The summed E-state index contributed by atoms with van der Waals surface area (Å²) in [5.74, 6) is 0.362. The van der Waals surface area contributed by atoms with Gasteiger partial charge in [0.2, 0.25) is 0 Å². The van der Waals surface area contributed by atoms with Gasteiger partial charge < -0.3 is 33.6 Å². The third kappa shape index (κ3) is 11.7. The number of hydrogen-bond acceptors (Lipinski definition) is 12. The zero-order valence-electron chi connectivity index (χ0n) is 14.9. The van der Waals surface area contributed by atoms with Crippen LogP contribution in [0.5, 0.6) is 0 Å². The summed E-state index contributed by atoms with van der Waals surface area (Å²) in [6.07, 6.45) is 5.19. The Morgan fingerprint density at radius 2 is 1.74 bits per heavy atom. The van der Waals surface area contributed by atoms with Crippen molar-refractivity contribution < 1.29 is 55.9 Å². The lowest BCUT2D eigenvalue weighted by atomic mass is 10.1. The summed E-state index contributed by atoms with van der Waals surface area (Å²) >= 11 is 0. The Balaban J connectivity index is 2.58. The minimum Gasteiger partial charge on any atom is -0.756 e. The Morgan fingerprint density at radius 1 is 1.15 bits per heavy atom. The van der Waals surface area contributed by atoms with Crippen LogP contribution in [0, 0.1) is 0 Å². The highest BCUT2D eigenvalue weighted by Crippen LogP contribution is 2.61. The van der Waals surface area contributed by atoms with Gasteiger partial charge in [0.05, 0.1) is 18.8 Å². The number of phosphoric acid groups is 3. The highest BCUT2D eigenvalue weighted by atomic mass is 33.2. The summed E-state index contributed by atoms with van der Waals surface area (Å²) < 4.78 is 55.5. The molecule has 1 N–H and O–H groups in total. The predicted octanol–water partition coefficient (Wildman–Crippen LogP) is 0.296. The normalized spacial score (nSPS) is 31.0. The molecule has 1 heterocycles. The fraction of sp³-hybridized carbons (Fsp3) is 1.00. The quantitative estimate of drug-likeness (QED) is 0.236. The minimum absolute atomic E-state index is 0.239. The molecule has 0 aromatic rings. The smallest absolute Gasteiger partial charge is 0.280 e. The number of phosphoric ester groups is 1. The van der Waals surface area contributed by atoms with Gasteiger partial charge >= 0.3 is 0 Å². The van der Waals surface area contributed by atoms with E-state index in [4.69, 9.17) is 14.4 Å². The van der Waals surface area contributed by atoms with Gasteiger partial charge in [-0.25, -0.2) is 8.62 Å². The molecule has 164 valence electrons. The largest absolute Gasteiger partial charge is 0.756 e. The second-order valence-corrected chi connectivity index (χ2v) is 18.1. The van der Waals surface area contributed by atoms with E-state index in [9.17, 15) is 28.4 Å². The lowest BCUT2D eigenvalue weighted by Crippen LogP contribution is -2.30. The van der Waals surface area contributed by atoms with Gasteiger partial charge in [0.15, 0.2) is 0 Å². The maximum absolute atomic E-state index is 11.6. The van der Waals surface area contributed by atoms with Crippen molar-refractivity contribution in [2.24, 2.45) is 0 Å². The van der Waals surface area contributed by atoms with Crippen LogP contribution in [0.4, 0.5) is 0 Å². The molecule has 6 atom stereocenters. The van der Waals surface area contributed by atoms with Crippen LogP contribution in [-0.2, 0) is 36.3 Å². The van der Waals surface area contributed by atoms with Gasteiger partial charge in [0, 0.05) is 6.42 Å². The fourth-order valence-electron chi connectivity index (χ4n) is 1.95. The lowest BCUT2D eigenvalue weighted by Gasteiger charge is -2.33. The molecule has 1 fully saturated rings. The summed E-state index contributed by atoms with van der Waals surface area (Å²) in [5.41, 5.74) is 0. The molecule has 12 nitrogen and oxygen atoms in total. The van der Waals surface area contributed by atoms with Gasteiger partial charge in [-0.3, -0.25) is 13.7 Å². The summed E-state index contributed by atoms with van der Waals surface area (Å²) in [7, 11) is -16.4. The molecule has 0 saturated carbocycles. The molecule has 0 aromatic heterocycles. The summed E-state index contributed by atoms with van der Waals surface area (Å²) in [5, 5.41) is 0. The van der Waals surface area contributed by atoms with Crippen LogP contribution in [0.1, 0.15) is 13.3 Å². The highest BCUT2D eigenvalue weighted by molar-refractivity contribution is 8.93. The molecular formula is C10H22O12P3S2-3. The fourth-order valence-corrected chi connectivity index (χ4v) is 6.40. The lowest BCUT2D eigenvalue weighted by molar-refractivity contribution is -0.250. The summed E-state index contributed by atoms with van der Waals surface area (Å²) in [6, 6.07) is 0. The van der Waals surface area contributed by atoms with E-state index in [0.29, 0.717) is 12.4 Å². The van der Waals surface area contributed by atoms with E-state index < -0.39 is 51.3 Å². The number of hydrogen-bond donors (Lipinski definition) is 1. The van der Waals surface area contributed by atoms with Crippen molar-refractivity contribution >= 4 is 43.3 Å². The van der Waals surface area contributed by atoms with Crippen LogP contribution < -0.4 is 14.7 Å². The Bertz CT molecular complexity index is 633. The average Bonchev–Trinajstić information content (AvgIpc) is 2.71. The van der Waals surface area contributed by atoms with E-state index in [1.807, 2.05) is 0 Å². The second-order valence-electron chi connectivity index (χ2n) is 6.21. The Morgan fingerprint density at radius 3 is 2.26 bits per heavy atom. The molecule has 0 amide bonds. The first-order valence-corrected chi connectivity index (χ1v) is 16.1. The van der Waals surface area contributed by atoms with Crippen molar-refractivity contribution in [2.75, 3.05) is 31.3 Å². The predicted molar refractivity (Wildman–Crippen MR) is 94.8 cm³/mol. The first kappa shape index (κ1) is 26.1. The molecule has 1 rings (SSSR count). The molecule has 4 unspecified atom stereocenters. The molecule has 27 heavy (non-hydrogen) atoms. The van der Waals surface area contributed by atoms with Crippen molar-refractivity contribution in [3.05, 3.63) is 0 Å². The van der Waals surface area contributed by atoms with E-state index in [-0.39, 0.29) is 6.10 Å². The van der Waals surface area contributed by atoms with E-state index in [0.717, 1.165) is 0 Å². The topological polar surface area (TPSA) is 187 Å². The average molecular weight is 491 g/mol. The van der Waals surface area contributed by atoms with E-state index in [1.165, 1.54) is 0 Å². The minimum atomic E-state index is -5.91. The SMILES string of the molecule is C[C@H]1CC(OCSS(C)(C)C)[C@@H](COP(=O)([O-])OP(=O)([O-])OP(=O)([O-])O)O1. The van der Waals surface area contributed by atoms with E-state index in [1.54, 1.807) is 17.7 Å². The van der Waals surface area contributed by atoms with Crippen LogP contribution in [0.15, 0.2) is 0 Å². The van der Waals surface area contributed by atoms with Crippen molar-refractivity contribution in [3.8, 4) is 0 Å². The number of rotatable bonds is 11. The van der Waals surface area contributed by atoms with Gasteiger partial charge in [-0.15, -0.1) is 0 Å². The van der Waals surface area contributed by atoms with Crippen molar-refractivity contribution in [1.82, 2.24) is 0 Å². The number of ether oxygens (including phenoxy) is 2. The third-order valence-corrected chi connectivity index (χ3v) is 9.91. The maximum Gasteiger partial charge on any atom is 0.280 e. The van der Waals surface area contributed by atoms with Crippen LogP contribution in [-0.4, -0.2) is 54.5 Å². The monoisotopic (exact) mass is 491 g/mol. The molecule has 17 heteroatoms. The first-order valence-electron chi connectivity index (χ1n) is 7.31. The second kappa shape index (κ2) is 9.89. The molecular weight excluding hydrogens is 469 g/mol. The van der Waals surface area contributed by atoms with Crippen molar-refractivity contribution in [3.63, 3.8) is 0 Å². The van der Waals surface area contributed by atoms with Gasteiger partial charge in [-0.2, -0.15) is 9.06 Å². The van der Waals surface area contributed by atoms with Crippen LogP contribution in [0.2, 0.25) is 0 Å². The summed E-state index contributed by atoms with van der Waals surface area (Å²) in [4.78, 5) is 41.4. The highest BCUT2D eigenvalue weighted by Gasteiger charge is 2.35. The zero-order valence-corrected chi connectivity index (χ0v) is 19.3. The van der Waals surface area contributed by atoms with E-state index in [2.05, 4.69) is 31.9 Å². The van der Waals surface area contributed by atoms with Gasteiger partial charge in [-0.05, 0) is 25.7 Å². The van der Waals surface area contributed by atoms with Crippen LogP contribution in [0.3, 0.4) is 0 Å².